The smallest absolute Gasteiger partial charge is 0.303 e. The highest BCUT2D eigenvalue weighted by atomic mass is 16.4. The van der Waals surface area contributed by atoms with Crippen molar-refractivity contribution in [3.05, 3.63) is 0 Å². The molecule has 1 aliphatic carbocycles. The Morgan fingerprint density at radius 3 is 2.58 bits per heavy atom. The average molecular weight is 268 g/mol. The highest BCUT2D eigenvalue weighted by molar-refractivity contribution is 5.83. The number of rotatable bonds is 4. The molecule has 108 valence electrons. The van der Waals surface area contributed by atoms with Crippen molar-refractivity contribution in [1.82, 2.24) is 9.80 Å². The summed E-state index contributed by atoms with van der Waals surface area (Å²) in [5.41, 5.74) is 0. The summed E-state index contributed by atoms with van der Waals surface area (Å²) in [5, 5.41) is 8.85. The Bertz CT molecular complexity index is 340. The SMILES string of the molecule is CN1CCN(C2CCCCC2)C(CCC(=O)O)C1=O. The zero-order chi connectivity index (χ0) is 13.8. The number of carbonyl (C=O) groups is 2. The molecule has 1 unspecified atom stereocenters. The van der Waals surface area contributed by atoms with E-state index in [0.29, 0.717) is 12.5 Å². The average Bonchev–Trinajstić information content (AvgIpc) is 2.41. The maximum Gasteiger partial charge on any atom is 0.303 e. The Balaban J connectivity index is 2.04. The number of carboxylic acids is 1. The molecule has 2 fully saturated rings. The van der Waals surface area contributed by atoms with Gasteiger partial charge in [-0.15, -0.1) is 0 Å². The van der Waals surface area contributed by atoms with Crippen molar-refractivity contribution < 1.29 is 14.7 Å². The van der Waals surface area contributed by atoms with E-state index < -0.39 is 5.97 Å². The molecule has 0 radical (unpaired) electrons. The van der Waals surface area contributed by atoms with Gasteiger partial charge in [0.15, 0.2) is 0 Å². The Morgan fingerprint density at radius 2 is 1.95 bits per heavy atom. The summed E-state index contributed by atoms with van der Waals surface area (Å²) in [5.74, 6) is -0.720. The normalized spacial score (nSPS) is 26.7. The van der Waals surface area contributed by atoms with Gasteiger partial charge in [0, 0.05) is 32.6 Å². The van der Waals surface area contributed by atoms with Crippen LogP contribution in [0.25, 0.3) is 0 Å². The van der Waals surface area contributed by atoms with Crippen molar-refractivity contribution in [2.45, 2.75) is 57.0 Å². The van der Waals surface area contributed by atoms with Crippen LogP contribution >= 0.6 is 0 Å². The molecular weight excluding hydrogens is 244 g/mol. The summed E-state index contributed by atoms with van der Waals surface area (Å²) in [6, 6.07) is 0.253. The van der Waals surface area contributed by atoms with Crippen LogP contribution in [0, 0.1) is 0 Å². The van der Waals surface area contributed by atoms with Gasteiger partial charge in [0.2, 0.25) is 5.91 Å². The van der Waals surface area contributed by atoms with E-state index in [-0.39, 0.29) is 18.4 Å². The van der Waals surface area contributed by atoms with Crippen LogP contribution in [0.4, 0.5) is 0 Å². The molecule has 1 heterocycles. The number of carbonyl (C=O) groups excluding carboxylic acids is 1. The molecule has 0 aromatic rings. The minimum Gasteiger partial charge on any atom is -0.481 e. The Kier molecular flexibility index (Phi) is 4.80. The molecule has 0 bridgehead atoms. The van der Waals surface area contributed by atoms with Gasteiger partial charge in [-0.25, -0.2) is 0 Å². The number of carboxylic acid groups (broad SMARTS) is 1. The largest absolute Gasteiger partial charge is 0.481 e. The zero-order valence-corrected chi connectivity index (χ0v) is 11.7. The third-order valence-electron chi connectivity index (χ3n) is 4.43. The van der Waals surface area contributed by atoms with Gasteiger partial charge in [-0.3, -0.25) is 14.5 Å². The second-order valence-electron chi connectivity index (χ2n) is 5.74. The second-order valence-corrected chi connectivity index (χ2v) is 5.74. The number of nitrogens with zero attached hydrogens (tertiary/aromatic N) is 2. The minimum absolute atomic E-state index is 0.0769. The van der Waals surface area contributed by atoms with Gasteiger partial charge in [-0.2, -0.15) is 0 Å². The predicted molar refractivity (Wildman–Crippen MR) is 71.9 cm³/mol. The first kappa shape index (κ1) is 14.3. The van der Waals surface area contributed by atoms with Gasteiger partial charge in [-0.05, 0) is 19.3 Å². The molecule has 1 atom stereocenters. The number of amides is 1. The highest BCUT2D eigenvalue weighted by Crippen LogP contribution is 2.27. The van der Waals surface area contributed by atoms with Crippen LogP contribution < -0.4 is 0 Å². The monoisotopic (exact) mass is 268 g/mol. The fourth-order valence-corrected chi connectivity index (χ4v) is 3.33. The van der Waals surface area contributed by atoms with Crippen molar-refractivity contribution in [3.63, 3.8) is 0 Å². The van der Waals surface area contributed by atoms with E-state index in [4.69, 9.17) is 5.11 Å². The number of piperazine rings is 1. The van der Waals surface area contributed by atoms with Gasteiger partial charge in [0.05, 0.1) is 6.04 Å². The zero-order valence-electron chi connectivity index (χ0n) is 11.7. The van der Waals surface area contributed by atoms with Crippen LogP contribution in [0.5, 0.6) is 0 Å². The summed E-state index contributed by atoms with van der Waals surface area (Å²) in [4.78, 5) is 27.1. The summed E-state index contributed by atoms with van der Waals surface area (Å²) < 4.78 is 0. The van der Waals surface area contributed by atoms with Crippen LogP contribution in [0.3, 0.4) is 0 Å². The van der Waals surface area contributed by atoms with E-state index in [1.54, 1.807) is 4.90 Å². The molecule has 0 aromatic heterocycles. The minimum atomic E-state index is -0.815. The van der Waals surface area contributed by atoms with Crippen molar-refractivity contribution in [3.8, 4) is 0 Å². The van der Waals surface area contributed by atoms with E-state index >= 15 is 0 Å². The summed E-state index contributed by atoms with van der Waals surface area (Å²) >= 11 is 0. The van der Waals surface area contributed by atoms with Crippen LogP contribution in [0.15, 0.2) is 0 Å². The van der Waals surface area contributed by atoms with Crippen LogP contribution in [-0.4, -0.2) is 59.0 Å². The lowest BCUT2D eigenvalue weighted by Crippen LogP contribution is -2.59. The third kappa shape index (κ3) is 3.47. The molecule has 5 nitrogen and oxygen atoms in total. The van der Waals surface area contributed by atoms with E-state index in [1.807, 2.05) is 7.05 Å². The fraction of sp³-hybridized carbons (Fsp3) is 0.857. The summed E-state index contributed by atoms with van der Waals surface area (Å²) in [7, 11) is 1.81. The molecule has 1 saturated heterocycles. The number of likely N-dealkylation sites (N-methyl/N-ethyl adjacent to an activating group) is 1. The van der Waals surface area contributed by atoms with Crippen LogP contribution in [-0.2, 0) is 9.59 Å². The Labute approximate surface area is 114 Å². The van der Waals surface area contributed by atoms with Gasteiger partial charge in [0.1, 0.15) is 0 Å². The highest BCUT2D eigenvalue weighted by Gasteiger charge is 2.37. The van der Waals surface area contributed by atoms with Crippen molar-refractivity contribution in [2.75, 3.05) is 20.1 Å². The van der Waals surface area contributed by atoms with E-state index in [0.717, 1.165) is 25.9 Å². The van der Waals surface area contributed by atoms with Gasteiger partial charge >= 0.3 is 5.97 Å². The first-order valence-corrected chi connectivity index (χ1v) is 7.32. The molecule has 19 heavy (non-hydrogen) atoms. The summed E-state index contributed by atoms with van der Waals surface area (Å²) in [6.45, 7) is 1.65. The lowest BCUT2D eigenvalue weighted by molar-refractivity contribution is -0.144. The van der Waals surface area contributed by atoms with Crippen molar-refractivity contribution in [2.24, 2.45) is 0 Å². The molecule has 5 heteroatoms. The predicted octanol–water partition coefficient (Wildman–Crippen LogP) is 1.33. The topological polar surface area (TPSA) is 60.9 Å². The third-order valence-corrected chi connectivity index (χ3v) is 4.43. The first-order valence-electron chi connectivity index (χ1n) is 7.32. The van der Waals surface area contributed by atoms with Crippen molar-refractivity contribution in [1.29, 1.82) is 0 Å². The van der Waals surface area contributed by atoms with E-state index in [2.05, 4.69) is 4.90 Å². The second kappa shape index (κ2) is 6.37. The number of hydrogen-bond acceptors (Lipinski definition) is 3. The number of hydrogen-bond donors (Lipinski definition) is 1. The van der Waals surface area contributed by atoms with E-state index in [9.17, 15) is 9.59 Å². The molecule has 2 rings (SSSR count). The molecule has 1 saturated carbocycles. The Morgan fingerprint density at radius 1 is 1.26 bits per heavy atom. The first-order chi connectivity index (χ1) is 9.09. The number of aliphatic carboxylic acids is 1. The molecule has 0 aromatic carbocycles. The van der Waals surface area contributed by atoms with Crippen LogP contribution in [0.1, 0.15) is 44.9 Å². The maximum absolute atomic E-state index is 12.3. The summed E-state index contributed by atoms with van der Waals surface area (Å²) in [6.07, 6.45) is 6.58. The molecule has 1 N–H and O–H groups in total. The standard InChI is InChI=1S/C14H24N2O3/c1-15-9-10-16(11-5-3-2-4-6-11)12(14(15)19)7-8-13(17)18/h11-12H,2-10H2,1H3,(H,17,18). The quantitative estimate of drug-likeness (QED) is 0.835. The lowest BCUT2D eigenvalue weighted by atomic mass is 9.91. The van der Waals surface area contributed by atoms with E-state index in [1.165, 1.54) is 19.3 Å². The van der Waals surface area contributed by atoms with Crippen molar-refractivity contribution >= 4 is 11.9 Å². The fourth-order valence-electron chi connectivity index (χ4n) is 3.33. The maximum atomic E-state index is 12.3. The molecule has 2 aliphatic rings. The van der Waals surface area contributed by atoms with Gasteiger partial charge < -0.3 is 10.0 Å². The Hall–Kier alpha value is -1.10. The molecule has 1 aliphatic heterocycles. The van der Waals surface area contributed by atoms with Gasteiger partial charge in [0.25, 0.3) is 0 Å². The molecular formula is C14H24N2O3. The van der Waals surface area contributed by atoms with Gasteiger partial charge in [-0.1, -0.05) is 19.3 Å². The lowest BCUT2D eigenvalue weighted by Gasteiger charge is -2.44. The molecule has 0 spiro atoms. The van der Waals surface area contributed by atoms with Crippen LogP contribution in [0.2, 0.25) is 0 Å². The molecule has 1 amide bonds.